The molecular weight excluding hydrogens is 216 g/mol. The predicted molar refractivity (Wildman–Crippen MR) is 65.0 cm³/mol. The predicted octanol–water partition coefficient (Wildman–Crippen LogP) is 3.27. The van der Waals surface area contributed by atoms with E-state index in [-0.39, 0.29) is 0 Å². The fraction of sp³-hybridized carbons (Fsp3) is 0.143. The van der Waals surface area contributed by atoms with Gasteiger partial charge in [0.2, 0.25) is 0 Å². The van der Waals surface area contributed by atoms with E-state index in [1.165, 1.54) is 0 Å². The van der Waals surface area contributed by atoms with Crippen LogP contribution in [0.3, 0.4) is 0 Å². The topological polar surface area (TPSA) is 38.7 Å². The summed E-state index contributed by atoms with van der Waals surface area (Å²) in [5.74, 6) is 0.776. The zero-order valence-corrected chi connectivity index (χ0v) is 9.54. The first-order valence-corrected chi connectivity index (χ1v) is 5.34. The van der Waals surface area contributed by atoms with Gasteiger partial charge in [-0.15, -0.1) is 0 Å². The van der Waals surface area contributed by atoms with Gasteiger partial charge in [0.15, 0.2) is 0 Å². The third kappa shape index (κ3) is 2.64. The van der Waals surface area contributed by atoms with E-state index >= 15 is 0 Å². The maximum absolute atomic E-state index is 9.03. The minimum Gasteiger partial charge on any atom is -0.497 e. The quantitative estimate of drug-likeness (QED) is 0.647. The smallest absolute Gasteiger partial charge is 0.143 e. The van der Waals surface area contributed by atoms with E-state index in [0.29, 0.717) is 0 Å². The summed E-state index contributed by atoms with van der Waals surface area (Å²) >= 11 is 0. The van der Waals surface area contributed by atoms with Crippen molar-refractivity contribution in [3.05, 3.63) is 65.7 Å². The van der Waals surface area contributed by atoms with E-state index in [1.54, 1.807) is 7.11 Å². The average Bonchev–Trinajstić information content (AvgIpc) is 2.42. The van der Waals surface area contributed by atoms with Gasteiger partial charge in [0, 0.05) is 0 Å². The molecule has 0 radical (unpaired) electrons. The standard InChI is InChI=1S/C14H14O3/c1-16-13-9-7-12(8-10-13)14(17-15)11-5-3-2-4-6-11/h2-10,14-15H,1H3. The van der Waals surface area contributed by atoms with Gasteiger partial charge in [0.05, 0.1) is 7.11 Å². The van der Waals surface area contributed by atoms with Crippen LogP contribution >= 0.6 is 0 Å². The van der Waals surface area contributed by atoms with Crippen LogP contribution < -0.4 is 4.74 Å². The molecule has 0 saturated carbocycles. The summed E-state index contributed by atoms with van der Waals surface area (Å²) in [5.41, 5.74) is 1.78. The Kier molecular flexibility index (Phi) is 3.75. The zero-order chi connectivity index (χ0) is 12.1. The molecule has 1 N–H and O–H groups in total. The second kappa shape index (κ2) is 5.48. The molecule has 0 amide bonds. The van der Waals surface area contributed by atoms with Gasteiger partial charge in [0.25, 0.3) is 0 Å². The van der Waals surface area contributed by atoms with Crippen LogP contribution in [-0.2, 0) is 4.89 Å². The van der Waals surface area contributed by atoms with Crippen LogP contribution in [0.1, 0.15) is 17.2 Å². The van der Waals surface area contributed by atoms with Crippen molar-refractivity contribution in [3.8, 4) is 5.75 Å². The molecule has 1 atom stereocenters. The first kappa shape index (κ1) is 11.6. The van der Waals surface area contributed by atoms with Crippen LogP contribution in [0.4, 0.5) is 0 Å². The average molecular weight is 230 g/mol. The second-order valence-corrected chi connectivity index (χ2v) is 3.67. The Morgan fingerprint density at radius 1 is 0.882 bits per heavy atom. The second-order valence-electron chi connectivity index (χ2n) is 3.67. The van der Waals surface area contributed by atoms with Crippen LogP contribution in [0.25, 0.3) is 0 Å². The Hall–Kier alpha value is -1.84. The largest absolute Gasteiger partial charge is 0.497 e. The van der Waals surface area contributed by atoms with E-state index in [4.69, 9.17) is 9.99 Å². The van der Waals surface area contributed by atoms with Gasteiger partial charge in [0.1, 0.15) is 11.9 Å². The molecule has 0 aliphatic carbocycles. The molecule has 0 heterocycles. The van der Waals surface area contributed by atoms with Crippen LogP contribution in [-0.4, -0.2) is 12.4 Å². The zero-order valence-electron chi connectivity index (χ0n) is 9.54. The van der Waals surface area contributed by atoms with Crippen molar-refractivity contribution in [2.75, 3.05) is 7.11 Å². The fourth-order valence-corrected chi connectivity index (χ4v) is 1.72. The molecule has 3 heteroatoms. The third-order valence-corrected chi connectivity index (χ3v) is 2.63. The number of rotatable bonds is 4. The summed E-state index contributed by atoms with van der Waals surface area (Å²) < 4.78 is 5.08. The van der Waals surface area contributed by atoms with Crippen molar-refractivity contribution in [2.45, 2.75) is 6.10 Å². The Morgan fingerprint density at radius 2 is 1.47 bits per heavy atom. The minimum absolute atomic E-state index is 0.470. The van der Waals surface area contributed by atoms with E-state index in [9.17, 15) is 0 Å². The molecule has 1 unspecified atom stereocenters. The van der Waals surface area contributed by atoms with Crippen molar-refractivity contribution in [2.24, 2.45) is 0 Å². The molecule has 0 fully saturated rings. The summed E-state index contributed by atoms with van der Waals surface area (Å²) in [6.45, 7) is 0. The maximum Gasteiger partial charge on any atom is 0.143 e. The van der Waals surface area contributed by atoms with Crippen LogP contribution in [0.15, 0.2) is 54.6 Å². The Morgan fingerprint density at radius 3 is 2.00 bits per heavy atom. The van der Waals surface area contributed by atoms with Gasteiger partial charge in [-0.1, -0.05) is 42.5 Å². The monoisotopic (exact) mass is 230 g/mol. The van der Waals surface area contributed by atoms with Crippen molar-refractivity contribution in [1.29, 1.82) is 0 Å². The minimum atomic E-state index is -0.470. The SMILES string of the molecule is COc1ccc(C(OO)c2ccccc2)cc1. The van der Waals surface area contributed by atoms with Crippen LogP contribution in [0.2, 0.25) is 0 Å². The number of ether oxygens (including phenoxy) is 1. The summed E-state index contributed by atoms with van der Waals surface area (Å²) in [6, 6.07) is 17.0. The van der Waals surface area contributed by atoms with Crippen LogP contribution in [0, 0.1) is 0 Å². The van der Waals surface area contributed by atoms with Crippen molar-refractivity contribution < 1.29 is 14.9 Å². The fourth-order valence-electron chi connectivity index (χ4n) is 1.72. The van der Waals surface area contributed by atoms with Gasteiger partial charge in [-0.3, -0.25) is 5.26 Å². The Balaban J connectivity index is 2.29. The highest BCUT2D eigenvalue weighted by Crippen LogP contribution is 2.26. The van der Waals surface area contributed by atoms with E-state index < -0.39 is 6.10 Å². The summed E-state index contributed by atoms with van der Waals surface area (Å²) in [7, 11) is 1.62. The Labute approximate surface area is 100 Å². The molecule has 0 bridgehead atoms. The van der Waals surface area contributed by atoms with Gasteiger partial charge in [-0.25, -0.2) is 4.89 Å². The number of hydrogen-bond acceptors (Lipinski definition) is 3. The highest BCUT2D eigenvalue weighted by Gasteiger charge is 2.14. The summed E-state index contributed by atoms with van der Waals surface area (Å²) in [5, 5.41) is 9.03. The molecule has 0 saturated heterocycles. The van der Waals surface area contributed by atoms with Gasteiger partial charge in [-0.05, 0) is 23.3 Å². The Bertz CT molecular complexity index is 451. The molecule has 2 rings (SSSR count). The molecule has 2 aromatic rings. The molecule has 0 spiro atoms. The molecule has 0 aromatic heterocycles. The van der Waals surface area contributed by atoms with E-state index in [0.717, 1.165) is 16.9 Å². The molecule has 0 aliphatic heterocycles. The lowest BCUT2D eigenvalue weighted by molar-refractivity contribution is -0.270. The van der Waals surface area contributed by atoms with E-state index in [2.05, 4.69) is 4.89 Å². The number of hydrogen-bond donors (Lipinski definition) is 1. The first-order chi connectivity index (χ1) is 8.35. The van der Waals surface area contributed by atoms with Crippen molar-refractivity contribution >= 4 is 0 Å². The molecule has 17 heavy (non-hydrogen) atoms. The van der Waals surface area contributed by atoms with Gasteiger partial charge < -0.3 is 4.74 Å². The third-order valence-electron chi connectivity index (χ3n) is 2.63. The number of methoxy groups -OCH3 is 1. The van der Waals surface area contributed by atoms with Crippen molar-refractivity contribution in [3.63, 3.8) is 0 Å². The molecule has 88 valence electrons. The normalized spacial score (nSPS) is 12.1. The molecule has 0 aliphatic rings. The first-order valence-electron chi connectivity index (χ1n) is 5.34. The lowest BCUT2D eigenvalue weighted by atomic mass is 10.0. The van der Waals surface area contributed by atoms with Crippen molar-refractivity contribution in [1.82, 2.24) is 0 Å². The number of benzene rings is 2. The molecule has 2 aromatic carbocycles. The lowest BCUT2D eigenvalue weighted by Crippen LogP contribution is -2.03. The molecule has 3 nitrogen and oxygen atoms in total. The molecular formula is C14H14O3. The summed E-state index contributed by atoms with van der Waals surface area (Å²) in [6.07, 6.45) is -0.470. The summed E-state index contributed by atoms with van der Waals surface area (Å²) in [4.78, 5) is 4.56. The highest BCUT2D eigenvalue weighted by molar-refractivity contribution is 5.34. The van der Waals surface area contributed by atoms with E-state index in [1.807, 2.05) is 54.6 Å². The lowest BCUT2D eigenvalue weighted by Gasteiger charge is -2.14. The van der Waals surface area contributed by atoms with Gasteiger partial charge in [-0.2, -0.15) is 0 Å². The highest BCUT2D eigenvalue weighted by atomic mass is 17.1. The van der Waals surface area contributed by atoms with Crippen LogP contribution in [0.5, 0.6) is 5.75 Å². The maximum atomic E-state index is 9.03. The van der Waals surface area contributed by atoms with Gasteiger partial charge >= 0.3 is 0 Å².